The molecule has 1 aromatic heterocycles. The number of hydrogen-bond donors (Lipinski definition) is 2. The second-order valence-corrected chi connectivity index (χ2v) is 4.79. The Bertz CT molecular complexity index is 544. The molecule has 1 aliphatic carbocycles. The minimum Gasteiger partial charge on any atom is -0.397 e. The van der Waals surface area contributed by atoms with Gasteiger partial charge in [0.15, 0.2) is 0 Å². The van der Waals surface area contributed by atoms with Crippen molar-refractivity contribution in [3.8, 4) is 0 Å². The molecule has 0 saturated heterocycles. The highest BCUT2D eigenvalue weighted by Crippen LogP contribution is 2.39. The number of pyridine rings is 1. The van der Waals surface area contributed by atoms with Crippen LogP contribution in [-0.4, -0.2) is 10.5 Å². The average Bonchev–Trinajstić information content (AvgIpc) is 2.98. The Morgan fingerprint density at radius 1 is 1.31 bits per heavy atom. The molecule has 3 N–H and O–H groups in total. The second-order valence-electron chi connectivity index (χ2n) is 4.79. The molecule has 1 fully saturated rings. The van der Waals surface area contributed by atoms with Crippen LogP contribution in [0.1, 0.15) is 19.8 Å². The Hall–Kier alpha value is -1.77. The van der Waals surface area contributed by atoms with E-state index in [0.717, 1.165) is 22.3 Å². The lowest BCUT2D eigenvalue weighted by molar-refractivity contribution is 0.831. The van der Waals surface area contributed by atoms with Crippen molar-refractivity contribution in [3.05, 3.63) is 30.5 Å². The van der Waals surface area contributed by atoms with Crippen LogP contribution in [0.25, 0.3) is 10.9 Å². The first-order valence-corrected chi connectivity index (χ1v) is 5.59. The lowest BCUT2D eigenvalue weighted by atomic mass is 10.1. The van der Waals surface area contributed by atoms with Gasteiger partial charge in [0, 0.05) is 22.8 Å². The number of nitrogens with two attached hydrogens (primary N) is 1. The molecule has 82 valence electrons. The molecule has 1 aliphatic rings. The molecule has 16 heavy (non-hydrogen) atoms. The highest BCUT2D eigenvalue weighted by Gasteiger charge is 2.37. The van der Waals surface area contributed by atoms with Crippen LogP contribution in [0.3, 0.4) is 0 Å². The van der Waals surface area contributed by atoms with Crippen LogP contribution in [0.2, 0.25) is 0 Å². The van der Waals surface area contributed by atoms with E-state index < -0.39 is 0 Å². The van der Waals surface area contributed by atoms with E-state index in [1.54, 1.807) is 0 Å². The van der Waals surface area contributed by atoms with Crippen LogP contribution < -0.4 is 11.1 Å². The fraction of sp³-hybridized carbons (Fsp3) is 0.308. The van der Waals surface area contributed by atoms with E-state index in [0.29, 0.717) is 0 Å². The maximum Gasteiger partial charge on any atom is 0.0951 e. The van der Waals surface area contributed by atoms with Gasteiger partial charge in [0.1, 0.15) is 0 Å². The topological polar surface area (TPSA) is 50.9 Å². The summed E-state index contributed by atoms with van der Waals surface area (Å²) < 4.78 is 0. The lowest BCUT2D eigenvalue weighted by Crippen LogP contribution is -2.16. The summed E-state index contributed by atoms with van der Waals surface area (Å²) in [6.45, 7) is 2.24. The molecule has 3 nitrogen and oxygen atoms in total. The summed E-state index contributed by atoms with van der Waals surface area (Å²) in [5.74, 6) is 0. The summed E-state index contributed by atoms with van der Waals surface area (Å²) in [5, 5.41) is 4.67. The predicted octanol–water partition coefficient (Wildman–Crippen LogP) is 2.78. The van der Waals surface area contributed by atoms with Crippen molar-refractivity contribution < 1.29 is 0 Å². The first-order chi connectivity index (χ1) is 7.68. The zero-order chi connectivity index (χ0) is 11.2. The third-order valence-corrected chi connectivity index (χ3v) is 3.24. The van der Waals surface area contributed by atoms with E-state index in [2.05, 4.69) is 23.3 Å². The minimum atomic E-state index is 0.277. The summed E-state index contributed by atoms with van der Waals surface area (Å²) in [7, 11) is 0. The highest BCUT2D eigenvalue weighted by atomic mass is 15.0. The molecule has 0 spiro atoms. The average molecular weight is 213 g/mol. The van der Waals surface area contributed by atoms with E-state index in [9.17, 15) is 0 Å². The molecule has 3 heteroatoms. The molecule has 0 radical (unpaired) electrons. The van der Waals surface area contributed by atoms with Crippen molar-refractivity contribution in [2.75, 3.05) is 11.1 Å². The number of para-hydroxylation sites is 1. The van der Waals surface area contributed by atoms with Gasteiger partial charge in [-0.25, -0.2) is 0 Å². The van der Waals surface area contributed by atoms with Crippen molar-refractivity contribution in [2.45, 2.75) is 25.3 Å². The van der Waals surface area contributed by atoms with E-state index in [-0.39, 0.29) is 5.54 Å². The zero-order valence-electron chi connectivity index (χ0n) is 9.33. The summed E-state index contributed by atoms with van der Waals surface area (Å²) in [5.41, 5.74) is 8.95. The van der Waals surface area contributed by atoms with Crippen LogP contribution >= 0.6 is 0 Å². The predicted molar refractivity (Wildman–Crippen MR) is 67.4 cm³/mol. The first-order valence-electron chi connectivity index (χ1n) is 5.59. The minimum absolute atomic E-state index is 0.277. The molecule has 1 heterocycles. The van der Waals surface area contributed by atoms with Crippen molar-refractivity contribution in [2.24, 2.45) is 0 Å². The van der Waals surface area contributed by atoms with Gasteiger partial charge >= 0.3 is 0 Å². The van der Waals surface area contributed by atoms with Gasteiger partial charge in [0.25, 0.3) is 0 Å². The molecular formula is C13H15N3. The Morgan fingerprint density at radius 3 is 2.88 bits per heavy atom. The Kier molecular flexibility index (Phi) is 1.84. The molecule has 3 rings (SSSR count). The van der Waals surface area contributed by atoms with Gasteiger partial charge in [-0.05, 0) is 31.9 Å². The lowest BCUT2D eigenvalue weighted by Gasteiger charge is -2.15. The summed E-state index contributed by atoms with van der Waals surface area (Å²) in [6.07, 6.45) is 4.28. The van der Waals surface area contributed by atoms with E-state index in [1.807, 2.05) is 24.4 Å². The molecule has 0 amide bonds. The number of rotatable bonds is 2. The van der Waals surface area contributed by atoms with Crippen LogP contribution in [0, 0.1) is 0 Å². The van der Waals surface area contributed by atoms with Crippen LogP contribution in [0.4, 0.5) is 11.4 Å². The molecule has 0 bridgehead atoms. The molecule has 0 aliphatic heterocycles. The maximum absolute atomic E-state index is 5.91. The molecule has 2 aromatic rings. The molecular weight excluding hydrogens is 198 g/mol. The third kappa shape index (κ3) is 1.48. The van der Waals surface area contributed by atoms with Crippen molar-refractivity contribution in [1.82, 2.24) is 4.98 Å². The monoisotopic (exact) mass is 213 g/mol. The smallest absolute Gasteiger partial charge is 0.0951 e. The largest absolute Gasteiger partial charge is 0.397 e. The zero-order valence-corrected chi connectivity index (χ0v) is 9.33. The van der Waals surface area contributed by atoms with Gasteiger partial charge in [0.2, 0.25) is 0 Å². The fourth-order valence-electron chi connectivity index (χ4n) is 1.95. The quantitative estimate of drug-likeness (QED) is 0.754. The van der Waals surface area contributed by atoms with E-state index in [4.69, 9.17) is 5.73 Å². The Balaban J connectivity index is 2.13. The summed E-state index contributed by atoms with van der Waals surface area (Å²) >= 11 is 0. The molecule has 0 unspecified atom stereocenters. The molecule has 1 saturated carbocycles. The third-order valence-electron chi connectivity index (χ3n) is 3.24. The van der Waals surface area contributed by atoms with Crippen LogP contribution in [0.5, 0.6) is 0 Å². The standard InChI is InChI=1S/C13H15N3/c1-13(6-7-13)16-11-5-8-15-12-9(11)3-2-4-10(12)14/h2-5,8H,6-7,14H2,1H3,(H,15,16). The van der Waals surface area contributed by atoms with Crippen molar-refractivity contribution in [1.29, 1.82) is 0 Å². The van der Waals surface area contributed by atoms with E-state index >= 15 is 0 Å². The number of nitrogens with one attached hydrogen (secondary N) is 1. The normalized spacial score (nSPS) is 17.3. The molecule has 1 aromatic carbocycles. The Morgan fingerprint density at radius 2 is 2.12 bits per heavy atom. The number of fused-ring (bicyclic) bond motifs is 1. The number of hydrogen-bond acceptors (Lipinski definition) is 3. The Labute approximate surface area is 94.7 Å². The maximum atomic E-state index is 5.91. The van der Waals surface area contributed by atoms with Gasteiger partial charge in [-0.2, -0.15) is 0 Å². The van der Waals surface area contributed by atoms with Crippen molar-refractivity contribution in [3.63, 3.8) is 0 Å². The SMILES string of the molecule is CC1(Nc2ccnc3c(N)cccc23)CC1. The summed E-state index contributed by atoms with van der Waals surface area (Å²) in [4.78, 5) is 4.33. The van der Waals surface area contributed by atoms with Gasteiger partial charge in [-0.15, -0.1) is 0 Å². The summed E-state index contributed by atoms with van der Waals surface area (Å²) in [6, 6.07) is 7.94. The fourth-order valence-corrected chi connectivity index (χ4v) is 1.95. The van der Waals surface area contributed by atoms with Crippen LogP contribution in [0.15, 0.2) is 30.5 Å². The van der Waals surface area contributed by atoms with Gasteiger partial charge in [0.05, 0.1) is 11.2 Å². The number of nitrogen functional groups attached to an aromatic ring is 1. The number of nitrogens with zero attached hydrogens (tertiary/aromatic N) is 1. The van der Waals surface area contributed by atoms with Gasteiger partial charge in [-0.3, -0.25) is 4.98 Å². The first kappa shape index (κ1) is 9.46. The number of aromatic nitrogens is 1. The van der Waals surface area contributed by atoms with Crippen molar-refractivity contribution >= 4 is 22.3 Å². The number of anilines is 2. The van der Waals surface area contributed by atoms with Gasteiger partial charge in [-0.1, -0.05) is 12.1 Å². The van der Waals surface area contributed by atoms with Crippen LogP contribution in [-0.2, 0) is 0 Å². The van der Waals surface area contributed by atoms with E-state index in [1.165, 1.54) is 12.8 Å². The molecule has 0 atom stereocenters. The van der Waals surface area contributed by atoms with Gasteiger partial charge < -0.3 is 11.1 Å². The number of benzene rings is 1. The second kappa shape index (κ2) is 3.11. The highest BCUT2D eigenvalue weighted by molar-refractivity contribution is 5.97.